The van der Waals surface area contributed by atoms with E-state index in [9.17, 15) is 0 Å². The third-order valence-corrected chi connectivity index (χ3v) is 5.59. The molecular formula is C18H14BrN3S. The maximum atomic E-state index is 4.91. The quantitative estimate of drug-likeness (QED) is 0.616. The van der Waals surface area contributed by atoms with E-state index < -0.39 is 0 Å². The number of rotatable bonds is 3. The topological polar surface area (TPSA) is 28.5 Å². The number of hydrogen-bond acceptors (Lipinski definition) is 4. The molecule has 0 bridgehead atoms. The number of benzene rings is 1. The molecule has 0 saturated heterocycles. The zero-order chi connectivity index (χ0) is 15.6. The van der Waals surface area contributed by atoms with Crippen LogP contribution in [0.25, 0.3) is 0 Å². The fourth-order valence-corrected chi connectivity index (χ4v) is 4.29. The highest BCUT2D eigenvalue weighted by Gasteiger charge is 2.30. The van der Waals surface area contributed by atoms with Gasteiger partial charge in [0, 0.05) is 29.3 Å². The lowest BCUT2D eigenvalue weighted by atomic mass is 10.0. The molecule has 0 radical (unpaired) electrons. The van der Waals surface area contributed by atoms with Crippen LogP contribution in [-0.4, -0.2) is 10.7 Å². The molecule has 0 fully saturated rings. The summed E-state index contributed by atoms with van der Waals surface area (Å²) < 4.78 is 1.15. The van der Waals surface area contributed by atoms with E-state index in [1.165, 1.54) is 4.88 Å². The van der Waals surface area contributed by atoms with Gasteiger partial charge in [-0.2, -0.15) is 5.10 Å². The summed E-state index contributed by atoms with van der Waals surface area (Å²) in [5, 5.41) is 7.04. The first-order valence-corrected chi connectivity index (χ1v) is 8.99. The molecule has 0 spiro atoms. The molecule has 1 unspecified atom stereocenters. The third kappa shape index (κ3) is 2.94. The summed E-state index contributed by atoms with van der Waals surface area (Å²) in [6.07, 6.45) is 4.53. The largest absolute Gasteiger partial charge is 0.265 e. The second kappa shape index (κ2) is 6.26. The van der Waals surface area contributed by atoms with Crippen molar-refractivity contribution in [1.82, 2.24) is 4.98 Å². The van der Waals surface area contributed by atoms with Gasteiger partial charge in [0.05, 0.1) is 21.2 Å². The fraction of sp³-hybridized carbons (Fsp3) is 0.111. The Morgan fingerprint density at radius 3 is 2.48 bits per heavy atom. The minimum Gasteiger partial charge on any atom is -0.265 e. The SMILES string of the molecule is Brc1ccc(C2CC(c3ccncc3)=NN2c2ccccc2)s1. The number of pyridine rings is 1. The van der Waals surface area contributed by atoms with Gasteiger partial charge in [-0.15, -0.1) is 11.3 Å². The number of hydrogen-bond donors (Lipinski definition) is 0. The van der Waals surface area contributed by atoms with Gasteiger partial charge in [0.2, 0.25) is 0 Å². The molecular weight excluding hydrogens is 370 g/mol. The van der Waals surface area contributed by atoms with Crippen LogP contribution in [0.4, 0.5) is 5.69 Å². The minimum absolute atomic E-state index is 0.233. The van der Waals surface area contributed by atoms with Crippen molar-refractivity contribution in [3.63, 3.8) is 0 Å². The molecule has 3 heterocycles. The van der Waals surface area contributed by atoms with Gasteiger partial charge in [0.1, 0.15) is 0 Å². The van der Waals surface area contributed by atoms with Crippen LogP contribution in [0.5, 0.6) is 0 Å². The fourth-order valence-electron chi connectivity index (χ4n) is 2.78. The van der Waals surface area contributed by atoms with Gasteiger partial charge >= 0.3 is 0 Å². The molecule has 3 aromatic rings. The molecule has 114 valence electrons. The minimum atomic E-state index is 0.233. The number of anilines is 1. The Labute approximate surface area is 147 Å². The van der Waals surface area contributed by atoms with Crippen LogP contribution in [0.1, 0.15) is 22.9 Å². The Kier molecular flexibility index (Phi) is 3.97. The van der Waals surface area contributed by atoms with Crippen LogP contribution < -0.4 is 5.01 Å². The Bertz CT molecular complexity index is 830. The first-order chi connectivity index (χ1) is 11.3. The highest BCUT2D eigenvalue weighted by molar-refractivity contribution is 9.11. The van der Waals surface area contributed by atoms with Gasteiger partial charge in [-0.25, -0.2) is 0 Å². The summed E-state index contributed by atoms with van der Waals surface area (Å²) in [7, 11) is 0. The van der Waals surface area contributed by atoms with E-state index in [0.717, 1.165) is 27.2 Å². The van der Waals surface area contributed by atoms with Gasteiger partial charge in [0.15, 0.2) is 0 Å². The average molecular weight is 384 g/mol. The summed E-state index contributed by atoms with van der Waals surface area (Å²) >= 11 is 5.34. The molecule has 4 rings (SSSR count). The van der Waals surface area contributed by atoms with E-state index in [2.05, 4.69) is 62.3 Å². The van der Waals surface area contributed by atoms with Crippen molar-refractivity contribution in [2.24, 2.45) is 5.10 Å². The summed E-state index contributed by atoms with van der Waals surface area (Å²) in [4.78, 5) is 5.42. The number of aromatic nitrogens is 1. The van der Waals surface area contributed by atoms with Gasteiger partial charge in [-0.3, -0.25) is 9.99 Å². The van der Waals surface area contributed by atoms with Crippen molar-refractivity contribution in [3.8, 4) is 0 Å². The molecule has 23 heavy (non-hydrogen) atoms. The molecule has 0 aliphatic carbocycles. The highest BCUT2D eigenvalue weighted by atomic mass is 79.9. The van der Waals surface area contributed by atoms with Gasteiger partial charge in [-0.05, 0) is 52.3 Å². The molecule has 1 aliphatic heterocycles. The van der Waals surface area contributed by atoms with Crippen LogP contribution in [0, 0.1) is 0 Å². The summed E-state index contributed by atoms with van der Waals surface area (Å²) in [5.41, 5.74) is 3.36. The molecule has 3 nitrogen and oxygen atoms in total. The maximum Gasteiger partial charge on any atom is 0.0924 e. The van der Waals surface area contributed by atoms with E-state index in [0.29, 0.717) is 0 Å². The van der Waals surface area contributed by atoms with Gasteiger partial charge in [0.25, 0.3) is 0 Å². The van der Waals surface area contributed by atoms with Crippen molar-refractivity contribution in [2.45, 2.75) is 12.5 Å². The van der Waals surface area contributed by atoms with Crippen LogP contribution in [0.15, 0.2) is 75.9 Å². The molecule has 1 aliphatic rings. The van der Waals surface area contributed by atoms with Crippen LogP contribution in [-0.2, 0) is 0 Å². The number of nitrogens with zero attached hydrogens (tertiary/aromatic N) is 3. The van der Waals surface area contributed by atoms with E-state index in [1.807, 2.05) is 30.6 Å². The zero-order valence-electron chi connectivity index (χ0n) is 12.3. The molecule has 1 atom stereocenters. The predicted octanol–water partition coefficient (Wildman–Crippen LogP) is 5.26. The Morgan fingerprint density at radius 2 is 1.78 bits per heavy atom. The Balaban J connectivity index is 1.75. The normalized spacial score (nSPS) is 17.3. The molecule has 0 saturated carbocycles. The van der Waals surface area contributed by atoms with Crippen LogP contribution in [0.3, 0.4) is 0 Å². The van der Waals surface area contributed by atoms with E-state index in [4.69, 9.17) is 5.10 Å². The van der Waals surface area contributed by atoms with E-state index in [-0.39, 0.29) is 6.04 Å². The molecule has 1 aromatic carbocycles. The smallest absolute Gasteiger partial charge is 0.0924 e. The number of hydrazone groups is 1. The number of halogens is 1. The summed E-state index contributed by atoms with van der Waals surface area (Å²) in [6.45, 7) is 0. The van der Waals surface area contributed by atoms with E-state index in [1.54, 1.807) is 11.3 Å². The first kappa shape index (κ1) is 14.6. The average Bonchev–Trinajstić information content (AvgIpc) is 3.23. The second-order valence-corrected chi connectivity index (χ2v) is 7.82. The maximum absolute atomic E-state index is 4.91. The van der Waals surface area contributed by atoms with Crippen molar-refractivity contribution in [2.75, 3.05) is 5.01 Å². The lowest BCUT2D eigenvalue weighted by Gasteiger charge is -2.22. The van der Waals surface area contributed by atoms with Crippen molar-refractivity contribution < 1.29 is 0 Å². The highest BCUT2D eigenvalue weighted by Crippen LogP contribution is 2.40. The first-order valence-electron chi connectivity index (χ1n) is 7.38. The van der Waals surface area contributed by atoms with Crippen molar-refractivity contribution >= 4 is 38.7 Å². The lowest BCUT2D eigenvalue weighted by Crippen LogP contribution is -2.17. The zero-order valence-corrected chi connectivity index (χ0v) is 14.7. The van der Waals surface area contributed by atoms with Crippen molar-refractivity contribution in [1.29, 1.82) is 0 Å². The molecule has 0 amide bonds. The van der Waals surface area contributed by atoms with Gasteiger partial charge in [-0.1, -0.05) is 18.2 Å². The molecule has 2 aromatic heterocycles. The van der Waals surface area contributed by atoms with Crippen LogP contribution in [0.2, 0.25) is 0 Å². The summed E-state index contributed by atoms with van der Waals surface area (Å²) in [5.74, 6) is 0. The van der Waals surface area contributed by atoms with E-state index >= 15 is 0 Å². The lowest BCUT2D eigenvalue weighted by molar-refractivity contribution is 0.722. The molecule has 5 heteroatoms. The predicted molar refractivity (Wildman–Crippen MR) is 99.1 cm³/mol. The number of thiophene rings is 1. The van der Waals surface area contributed by atoms with Crippen LogP contribution >= 0.6 is 27.3 Å². The third-order valence-electron chi connectivity index (χ3n) is 3.87. The van der Waals surface area contributed by atoms with Crippen molar-refractivity contribution in [3.05, 3.63) is 81.2 Å². The Morgan fingerprint density at radius 1 is 1.00 bits per heavy atom. The standard InChI is InChI=1S/C18H14BrN3S/c19-18-7-6-17(23-18)16-12-15(13-8-10-20-11-9-13)21-22(16)14-4-2-1-3-5-14/h1-11,16H,12H2. The second-order valence-electron chi connectivity index (χ2n) is 5.32. The monoisotopic (exact) mass is 383 g/mol. The molecule has 0 N–H and O–H groups in total. The number of para-hydroxylation sites is 1. The summed E-state index contributed by atoms with van der Waals surface area (Å²) in [6, 6.07) is 18.9. The van der Waals surface area contributed by atoms with Gasteiger partial charge < -0.3 is 0 Å². The Hall–Kier alpha value is -1.98.